The van der Waals surface area contributed by atoms with Crippen molar-refractivity contribution < 1.29 is 17.9 Å². The van der Waals surface area contributed by atoms with Crippen LogP contribution in [0.15, 0.2) is 77.7 Å². The number of carbonyl (C=O) groups is 1. The van der Waals surface area contributed by atoms with Crippen molar-refractivity contribution in [2.75, 3.05) is 10.9 Å². The lowest BCUT2D eigenvalue weighted by molar-refractivity contribution is -0.119. The van der Waals surface area contributed by atoms with Crippen molar-refractivity contribution >= 4 is 33.2 Å². The van der Waals surface area contributed by atoms with E-state index in [2.05, 4.69) is 20.8 Å². The molecule has 0 aliphatic heterocycles. The number of rotatable bonds is 10. The van der Waals surface area contributed by atoms with Crippen LogP contribution in [0.1, 0.15) is 50.7 Å². The lowest BCUT2D eigenvalue weighted by Gasteiger charge is -2.23. The fourth-order valence-corrected chi connectivity index (χ4v) is 5.00. The fourth-order valence-electron chi connectivity index (χ4n) is 3.46. The maximum absolute atomic E-state index is 13.5. The molecule has 3 aromatic rings. The van der Waals surface area contributed by atoms with Crippen LogP contribution in [0.25, 0.3) is 0 Å². The summed E-state index contributed by atoms with van der Waals surface area (Å²) in [5.74, 6) is 0.177. The lowest BCUT2D eigenvalue weighted by Crippen LogP contribution is -2.40. The molecule has 5 nitrogen and oxygen atoms in total. The topological polar surface area (TPSA) is 63.7 Å². The Hall–Kier alpha value is -2.83. The normalized spacial score (nSPS) is 11.4. The quantitative estimate of drug-likeness (QED) is 0.315. The number of amides is 1. The Morgan fingerprint density at radius 1 is 0.941 bits per heavy atom. The van der Waals surface area contributed by atoms with Crippen molar-refractivity contribution in [1.82, 2.24) is 0 Å². The first-order chi connectivity index (χ1) is 16.2. The van der Waals surface area contributed by atoms with Crippen LogP contribution in [0, 0.1) is 0 Å². The molecule has 0 aliphatic rings. The second-order valence-electron chi connectivity index (χ2n) is 8.40. The minimum Gasteiger partial charge on any atom is -0.484 e. The number of carbonyl (C=O) groups excluding carboxylic acids is 1. The van der Waals surface area contributed by atoms with Crippen molar-refractivity contribution in [1.29, 1.82) is 0 Å². The van der Waals surface area contributed by atoms with E-state index in [0.717, 1.165) is 34.7 Å². The molecule has 0 bridgehead atoms. The molecule has 0 unspecified atom stereocenters. The van der Waals surface area contributed by atoms with Gasteiger partial charge >= 0.3 is 0 Å². The highest BCUT2D eigenvalue weighted by atomic mass is 35.5. The average Bonchev–Trinajstić information content (AvgIpc) is 2.82. The Morgan fingerprint density at radius 3 is 2.12 bits per heavy atom. The van der Waals surface area contributed by atoms with Crippen LogP contribution >= 0.6 is 11.6 Å². The van der Waals surface area contributed by atoms with Gasteiger partial charge < -0.3 is 4.74 Å². The summed E-state index contributed by atoms with van der Waals surface area (Å²) >= 11 is 5.93. The summed E-state index contributed by atoms with van der Waals surface area (Å²) in [7, 11) is -4.18. The van der Waals surface area contributed by atoms with Gasteiger partial charge in [0.25, 0.3) is 15.9 Å². The third-order valence-corrected chi connectivity index (χ3v) is 7.49. The van der Waals surface area contributed by atoms with Gasteiger partial charge in [0.05, 0.1) is 10.6 Å². The number of benzene rings is 3. The van der Waals surface area contributed by atoms with Gasteiger partial charge in [0, 0.05) is 5.02 Å². The molecule has 180 valence electrons. The Bertz CT molecular complexity index is 1190. The molecule has 1 amide bonds. The molecule has 0 saturated carbocycles. The van der Waals surface area contributed by atoms with Crippen LogP contribution in [0.4, 0.5) is 5.69 Å². The van der Waals surface area contributed by atoms with E-state index in [0.29, 0.717) is 16.7 Å². The number of unbranched alkanes of at least 4 members (excludes halogenated alkanes) is 1. The molecule has 7 heteroatoms. The van der Waals surface area contributed by atoms with E-state index >= 15 is 0 Å². The van der Waals surface area contributed by atoms with Crippen LogP contribution in [-0.4, -0.2) is 20.9 Å². The van der Waals surface area contributed by atoms with Gasteiger partial charge in [-0.05, 0) is 78.4 Å². The molecule has 0 N–H and O–H groups in total. The van der Waals surface area contributed by atoms with E-state index in [9.17, 15) is 13.2 Å². The van der Waals surface area contributed by atoms with Crippen LogP contribution in [0.3, 0.4) is 0 Å². The van der Waals surface area contributed by atoms with Crippen molar-refractivity contribution in [2.45, 2.75) is 50.8 Å². The second-order valence-corrected chi connectivity index (χ2v) is 10.6. The molecule has 0 saturated heterocycles. The maximum Gasteiger partial charge on any atom is 0.278 e. The minimum absolute atomic E-state index is 0.0263. The fraction of sp³-hybridized carbons (Fsp3) is 0.296. The molecule has 0 radical (unpaired) electrons. The van der Waals surface area contributed by atoms with Crippen molar-refractivity contribution in [3.05, 3.63) is 88.9 Å². The van der Waals surface area contributed by atoms with Gasteiger partial charge in [-0.15, -0.1) is 0 Å². The van der Waals surface area contributed by atoms with Gasteiger partial charge in [0.15, 0.2) is 6.61 Å². The number of hydrogen-bond acceptors (Lipinski definition) is 4. The van der Waals surface area contributed by atoms with Gasteiger partial charge in [-0.25, -0.2) is 8.42 Å². The predicted octanol–water partition coefficient (Wildman–Crippen LogP) is 6.61. The molecule has 0 fully saturated rings. The van der Waals surface area contributed by atoms with E-state index in [1.54, 1.807) is 24.3 Å². The van der Waals surface area contributed by atoms with Crippen LogP contribution in [0.2, 0.25) is 5.02 Å². The first kappa shape index (κ1) is 25.8. The maximum atomic E-state index is 13.5. The monoisotopic (exact) mass is 499 g/mol. The van der Waals surface area contributed by atoms with Gasteiger partial charge in [0.2, 0.25) is 0 Å². The molecule has 34 heavy (non-hydrogen) atoms. The largest absolute Gasteiger partial charge is 0.484 e. The number of anilines is 1. The second kappa shape index (κ2) is 11.5. The highest BCUT2D eigenvalue weighted by Crippen LogP contribution is 2.26. The van der Waals surface area contributed by atoms with Crippen molar-refractivity contribution in [3.8, 4) is 5.75 Å². The van der Waals surface area contributed by atoms with Crippen molar-refractivity contribution in [2.24, 2.45) is 0 Å². The van der Waals surface area contributed by atoms with E-state index < -0.39 is 22.5 Å². The first-order valence-electron chi connectivity index (χ1n) is 11.4. The SMILES string of the molecule is CCCCc1ccc(N(C(=O)COc2ccc(C(C)C)cc2)S(=O)(=O)c2ccc(Cl)cc2)cc1. The van der Waals surface area contributed by atoms with Gasteiger partial charge in [0.1, 0.15) is 5.75 Å². The van der Waals surface area contributed by atoms with Crippen LogP contribution < -0.4 is 9.04 Å². The number of nitrogens with zero attached hydrogens (tertiary/aromatic N) is 1. The Labute approximate surface area is 207 Å². The third-order valence-electron chi connectivity index (χ3n) is 5.48. The summed E-state index contributed by atoms with van der Waals surface area (Å²) in [6.45, 7) is 5.87. The molecule has 0 spiro atoms. The number of halogens is 1. The standard InChI is InChI=1S/C27H30ClNO4S/c1-4-5-6-21-7-13-24(14-8-21)29(34(31,32)26-17-11-23(28)12-18-26)27(30)19-33-25-15-9-22(10-16-25)20(2)3/h7-18,20H,4-6,19H2,1-3H3. The highest BCUT2D eigenvalue weighted by Gasteiger charge is 2.31. The predicted molar refractivity (Wildman–Crippen MR) is 137 cm³/mol. The molecule has 0 aliphatic carbocycles. The van der Waals surface area contributed by atoms with E-state index in [-0.39, 0.29) is 10.6 Å². The summed E-state index contributed by atoms with van der Waals surface area (Å²) in [4.78, 5) is 13.2. The smallest absolute Gasteiger partial charge is 0.278 e. The molecule has 0 aromatic heterocycles. The summed E-state index contributed by atoms with van der Waals surface area (Å²) in [5.41, 5.74) is 2.50. The average molecular weight is 500 g/mol. The van der Waals surface area contributed by atoms with Crippen LogP contribution in [0.5, 0.6) is 5.75 Å². The Balaban J connectivity index is 1.89. The van der Waals surface area contributed by atoms with Gasteiger partial charge in [-0.1, -0.05) is 63.1 Å². The zero-order valence-corrected chi connectivity index (χ0v) is 21.3. The first-order valence-corrected chi connectivity index (χ1v) is 13.2. The molecular formula is C27H30ClNO4S. The minimum atomic E-state index is -4.18. The van der Waals surface area contributed by atoms with Crippen molar-refractivity contribution in [3.63, 3.8) is 0 Å². The van der Waals surface area contributed by atoms with E-state index in [1.165, 1.54) is 24.3 Å². The Kier molecular flexibility index (Phi) is 8.75. The highest BCUT2D eigenvalue weighted by molar-refractivity contribution is 7.93. The molecule has 3 aromatic carbocycles. The van der Waals surface area contributed by atoms with E-state index in [4.69, 9.17) is 16.3 Å². The van der Waals surface area contributed by atoms with Gasteiger partial charge in [-0.2, -0.15) is 4.31 Å². The zero-order valence-electron chi connectivity index (χ0n) is 19.7. The zero-order chi connectivity index (χ0) is 24.7. The number of aryl methyl sites for hydroxylation is 1. The third kappa shape index (κ3) is 6.39. The van der Waals surface area contributed by atoms with Gasteiger partial charge in [-0.3, -0.25) is 4.79 Å². The molecule has 0 heterocycles. The van der Waals surface area contributed by atoms with Crippen LogP contribution in [-0.2, 0) is 21.2 Å². The number of hydrogen-bond donors (Lipinski definition) is 0. The lowest BCUT2D eigenvalue weighted by atomic mass is 10.0. The molecule has 3 rings (SSSR count). The molecular weight excluding hydrogens is 470 g/mol. The Morgan fingerprint density at radius 2 is 1.56 bits per heavy atom. The molecule has 0 atom stereocenters. The number of sulfonamides is 1. The summed E-state index contributed by atoms with van der Waals surface area (Å²) in [6, 6.07) is 20.2. The summed E-state index contributed by atoms with van der Waals surface area (Å²) in [5, 5.41) is 0.408. The summed E-state index contributed by atoms with van der Waals surface area (Å²) < 4.78 is 33.4. The van der Waals surface area contributed by atoms with E-state index in [1.807, 2.05) is 24.3 Å². The summed E-state index contributed by atoms with van der Waals surface area (Å²) in [6.07, 6.45) is 2.99. The number of ether oxygens (including phenoxy) is 1.